The third-order valence-corrected chi connectivity index (χ3v) is 5.23. The van der Waals surface area contributed by atoms with Crippen molar-refractivity contribution >= 4 is 11.5 Å². The van der Waals surface area contributed by atoms with Gasteiger partial charge in [-0.1, -0.05) is 38.5 Å². The minimum Gasteiger partial charge on any atom is -0.489 e. The molecule has 2 heterocycles. The molecule has 148 valence electrons. The molecule has 2 N–H and O–H groups in total. The number of carboxylic acid groups (broad SMARTS) is 1. The number of nitrogens with zero attached hydrogens (tertiary/aromatic N) is 2. The molecule has 3 rings (SSSR count). The Hall–Kier alpha value is -2.08. The molecule has 1 fully saturated rings. The maximum Gasteiger partial charge on any atom is 0.339 e. The van der Waals surface area contributed by atoms with Crippen molar-refractivity contribution in [3.63, 3.8) is 0 Å². The zero-order valence-corrected chi connectivity index (χ0v) is 16.3. The highest BCUT2D eigenvalue weighted by atomic mass is 16.5. The Morgan fingerprint density at radius 1 is 1.19 bits per heavy atom. The zero-order valence-electron chi connectivity index (χ0n) is 16.3. The molecule has 6 heteroatoms. The van der Waals surface area contributed by atoms with E-state index in [9.17, 15) is 15.0 Å². The van der Waals surface area contributed by atoms with Gasteiger partial charge in [-0.2, -0.15) is 5.10 Å². The average Bonchev–Trinajstić information content (AvgIpc) is 3.08. The highest BCUT2D eigenvalue weighted by Gasteiger charge is 2.25. The lowest BCUT2D eigenvalue weighted by Gasteiger charge is -2.24. The predicted octanol–water partition coefficient (Wildman–Crippen LogP) is 4.40. The van der Waals surface area contributed by atoms with E-state index in [1.165, 1.54) is 31.9 Å². The van der Waals surface area contributed by atoms with E-state index in [1.807, 2.05) is 6.07 Å². The van der Waals surface area contributed by atoms with E-state index >= 15 is 0 Å². The number of pyridine rings is 1. The van der Waals surface area contributed by atoms with Crippen LogP contribution in [0.4, 0.5) is 0 Å². The summed E-state index contributed by atoms with van der Waals surface area (Å²) in [5.41, 5.74) is 0.786. The van der Waals surface area contributed by atoms with E-state index in [0.717, 1.165) is 31.4 Å². The molecule has 0 aliphatic heterocycles. The van der Waals surface area contributed by atoms with E-state index in [2.05, 4.69) is 5.10 Å². The van der Waals surface area contributed by atoms with Crippen LogP contribution >= 0.6 is 0 Å². The van der Waals surface area contributed by atoms with Crippen LogP contribution in [0, 0.1) is 0 Å². The molecule has 1 aliphatic carbocycles. The first kappa shape index (κ1) is 19.7. The first-order valence-electron chi connectivity index (χ1n) is 9.96. The van der Waals surface area contributed by atoms with Crippen LogP contribution in [-0.4, -0.2) is 38.0 Å². The number of hydrogen-bond donors (Lipinski definition) is 2. The molecule has 1 aliphatic rings. The van der Waals surface area contributed by atoms with Crippen molar-refractivity contribution in [2.45, 2.75) is 76.7 Å². The Bertz CT molecular complexity index is 781. The number of carboxylic acids is 1. The van der Waals surface area contributed by atoms with Gasteiger partial charge in [-0.3, -0.25) is 0 Å². The molecule has 0 bridgehead atoms. The summed E-state index contributed by atoms with van der Waals surface area (Å²) in [7, 11) is 0. The summed E-state index contributed by atoms with van der Waals surface area (Å²) in [6.45, 7) is 3.59. The molecular formula is C21H30N2O4. The molecule has 6 nitrogen and oxygen atoms in total. The van der Waals surface area contributed by atoms with Crippen LogP contribution in [0.1, 0.15) is 87.2 Å². The van der Waals surface area contributed by atoms with Crippen molar-refractivity contribution in [3.8, 4) is 5.75 Å². The van der Waals surface area contributed by atoms with Crippen molar-refractivity contribution in [1.29, 1.82) is 0 Å². The van der Waals surface area contributed by atoms with Gasteiger partial charge in [0.25, 0.3) is 0 Å². The largest absolute Gasteiger partial charge is 0.489 e. The Morgan fingerprint density at radius 3 is 2.41 bits per heavy atom. The van der Waals surface area contributed by atoms with Crippen molar-refractivity contribution in [1.82, 2.24) is 9.61 Å². The van der Waals surface area contributed by atoms with Gasteiger partial charge in [-0.05, 0) is 38.8 Å². The number of aromatic nitrogens is 2. The van der Waals surface area contributed by atoms with E-state index in [4.69, 9.17) is 4.74 Å². The van der Waals surface area contributed by atoms with Crippen LogP contribution in [-0.2, 0) is 0 Å². The molecule has 0 atom stereocenters. The number of aliphatic hydroxyl groups is 1. The second kappa shape index (κ2) is 8.30. The average molecular weight is 374 g/mol. The SMILES string of the molecule is CC(C)(O)COc1ccc2c(C(=O)O)cnn2c1C1CCCCCCCC1. The summed E-state index contributed by atoms with van der Waals surface area (Å²) >= 11 is 0. The number of aromatic carboxylic acids is 1. The van der Waals surface area contributed by atoms with E-state index < -0.39 is 11.6 Å². The van der Waals surface area contributed by atoms with E-state index in [1.54, 1.807) is 24.4 Å². The second-order valence-corrected chi connectivity index (χ2v) is 8.24. The molecule has 0 radical (unpaired) electrons. The van der Waals surface area contributed by atoms with Gasteiger partial charge in [0.15, 0.2) is 0 Å². The third-order valence-electron chi connectivity index (χ3n) is 5.23. The lowest BCUT2D eigenvalue weighted by Crippen LogP contribution is -2.28. The maximum absolute atomic E-state index is 11.5. The van der Waals surface area contributed by atoms with Gasteiger partial charge in [0.1, 0.15) is 17.9 Å². The predicted molar refractivity (Wildman–Crippen MR) is 104 cm³/mol. The molecule has 27 heavy (non-hydrogen) atoms. The summed E-state index contributed by atoms with van der Waals surface area (Å²) < 4.78 is 7.72. The van der Waals surface area contributed by atoms with Gasteiger partial charge in [0.05, 0.1) is 23.0 Å². The van der Waals surface area contributed by atoms with Gasteiger partial charge < -0.3 is 14.9 Å². The third kappa shape index (κ3) is 4.80. The van der Waals surface area contributed by atoms with Crippen LogP contribution in [0.2, 0.25) is 0 Å². The second-order valence-electron chi connectivity index (χ2n) is 8.24. The standard InChI is InChI=1S/C21H30N2O4/c1-21(2,26)14-27-18-12-11-17-16(20(24)25)13-22-23(17)19(18)15-9-7-5-3-4-6-8-10-15/h11-13,15,26H,3-10,14H2,1-2H3,(H,24,25). The van der Waals surface area contributed by atoms with Crippen LogP contribution in [0.25, 0.3) is 5.52 Å². The lowest BCUT2D eigenvalue weighted by molar-refractivity contribution is 0.0277. The summed E-state index contributed by atoms with van der Waals surface area (Å²) in [6.07, 6.45) is 10.8. The summed E-state index contributed by atoms with van der Waals surface area (Å²) in [5, 5.41) is 23.9. The highest BCUT2D eigenvalue weighted by molar-refractivity contribution is 5.95. The molecular weight excluding hydrogens is 344 g/mol. The van der Waals surface area contributed by atoms with Crippen molar-refractivity contribution in [2.24, 2.45) is 0 Å². The molecule has 0 aromatic carbocycles. The van der Waals surface area contributed by atoms with Crippen LogP contribution in [0.15, 0.2) is 18.3 Å². The van der Waals surface area contributed by atoms with E-state index in [-0.39, 0.29) is 18.1 Å². The number of hydrogen-bond acceptors (Lipinski definition) is 4. The Morgan fingerprint density at radius 2 is 1.81 bits per heavy atom. The number of fused-ring (bicyclic) bond motifs is 1. The van der Waals surface area contributed by atoms with Crippen LogP contribution in [0.5, 0.6) is 5.75 Å². The molecule has 0 spiro atoms. The van der Waals surface area contributed by atoms with Gasteiger partial charge in [0, 0.05) is 5.92 Å². The monoisotopic (exact) mass is 374 g/mol. The fourth-order valence-corrected chi connectivity index (χ4v) is 3.88. The molecule has 0 saturated heterocycles. The maximum atomic E-state index is 11.5. The topological polar surface area (TPSA) is 84.1 Å². The Balaban J connectivity index is 2.04. The van der Waals surface area contributed by atoms with Crippen molar-refractivity contribution in [2.75, 3.05) is 6.61 Å². The quantitative estimate of drug-likeness (QED) is 0.810. The Kier molecular flexibility index (Phi) is 6.05. The first-order chi connectivity index (χ1) is 12.9. The first-order valence-corrected chi connectivity index (χ1v) is 9.96. The fraction of sp³-hybridized carbons (Fsp3) is 0.619. The van der Waals surface area contributed by atoms with Crippen molar-refractivity contribution < 1.29 is 19.7 Å². The minimum atomic E-state index is -0.976. The Labute approximate surface area is 160 Å². The highest BCUT2D eigenvalue weighted by Crippen LogP contribution is 2.37. The van der Waals surface area contributed by atoms with E-state index in [0.29, 0.717) is 11.3 Å². The molecule has 1 saturated carbocycles. The van der Waals surface area contributed by atoms with Crippen molar-refractivity contribution in [3.05, 3.63) is 29.6 Å². The normalized spacial score (nSPS) is 17.3. The smallest absolute Gasteiger partial charge is 0.339 e. The molecule has 0 unspecified atom stereocenters. The minimum absolute atomic E-state index is 0.172. The molecule has 2 aromatic rings. The zero-order chi connectivity index (χ0) is 19.4. The number of carbonyl (C=O) groups is 1. The summed E-state index contributed by atoms with van der Waals surface area (Å²) in [5.74, 6) is -0.0189. The lowest BCUT2D eigenvalue weighted by atomic mass is 9.92. The van der Waals surface area contributed by atoms with Gasteiger partial charge in [-0.25, -0.2) is 9.31 Å². The van der Waals surface area contributed by atoms with Gasteiger partial charge in [-0.15, -0.1) is 0 Å². The summed E-state index contributed by atoms with van der Waals surface area (Å²) in [6, 6.07) is 3.58. The molecule has 2 aromatic heterocycles. The number of rotatable bonds is 5. The number of ether oxygens (including phenoxy) is 1. The van der Waals surface area contributed by atoms with Crippen LogP contribution < -0.4 is 4.74 Å². The molecule has 0 amide bonds. The summed E-state index contributed by atoms with van der Waals surface area (Å²) in [4.78, 5) is 11.5. The van der Waals surface area contributed by atoms with Crippen LogP contribution in [0.3, 0.4) is 0 Å². The van der Waals surface area contributed by atoms with Gasteiger partial charge in [0.2, 0.25) is 0 Å². The fourth-order valence-electron chi connectivity index (χ4n) is 3.88. The van der Waals surface area contributed by atoms with Gasteiger partial charge >= 0.3 is 5.97 Å².